The fourth-order valence-electron chi connectivity index (χ4n) is 2.65. The lowest BCUT2D eigenvalue weighted by atomic mass is 10.1. The molecule has 24 heavy (non-hydrogen) atoms. The van der Waals surface area contributed by atoms with Gasteiger partial charge in [0.25, 0.3) is 5.91 Å². The summed E-state index contributed by atoms with van der Waals surface area (Å²) in [6, 6.07) is 5.90. The highest BCUT2D eigenvalue weighted by Gasteiger charge is 2.23. The van der Waals surface area contributed by atoms with Crippen molar-refractivity contribution in [3.63, 3.8) is 0 Å². The van der Waals surface area contributed by atoms with E-state index in [0.29, 0.717) is 13.2 Å². The monoisotopic (exact) mass is 356 g/mol. The van der Waals surface area contributed by atoms with E-state index in [1.165, 1.54) is 11.1 Å². The highest BCUT2D eigenvalue weighted by Crippen LogP contribution is 2.17. The maximum absolute atomic E-state index is 12.2. The second-order valence-corrected chi connectivity index (χ2v) is 6.13. The number of likely N-dealkylation sites (tertiary alicyclic amines) is 1. The topological polar surface area (TPSA) is 64.8 Å². The number of halogens is 1. The summed E-state index contributed by atoms with van der Waals surface area (Å²) in [5, 5.41) is 0. The highest BCUT2D eigenvalue weighted by atomic mass is 35.5. The zero-order valence-corrected chi connectivity index (χ0v) is 15.4. The molecule has 0 unspecified atom stereocenters. The Balaban J connectivity index is 0.00000288. The average Bonchev–Trinajstić information content (AvgIpc) is 2.56. The zero-order valence-electron chi connectivity index (χ0n) is 14.6. The summed E-state index contributed by atoms with van der Waals surface area (Å²) in [5.41, 5.74) is 7.85. The minimum absolute atomic E-state index is 0. The van der Waals surface area contributed by atoms with Crippen molar-refractivity contribution in [2.24, 2.45) is 5.73 Å². The molecule has 1 aliphatic heterocycles. The fourth-order valence-corrected chi connectivity index (χ4v) is 2.65. The van der Waals surface area contributed by atoms with Crippen molar-refractivity contribution >= 4 is 18.3 Å². The van der Waals surface area contributed by atoms with E-state index in [2.05, 4.69) is 6.92 Å². The normalized spacial score (nSPS) is 15.0. The number of carbonyl (C=O) groups is 1. The van der Waals surface area contributed by atoms with Crippen molar-refractivity contribution in [1.29, 1.82) is 0 Å². The van der Waals surface area contributed by atoms with Gasteiger partial charge in [-0.25, -0.2) is 0 Å². The number of amides is 1. The average molecular weight is 357 g/mol. The Labute approximate surface area is 150 Å². The van der Waals surface area contributed by atoms with Gasteiger partial charge in [0.2, 0.25) is 0 Å². The van der Waals surface area contributed by atoms with Gasteiger partial charge in [-0.2, -0.15) is 0 Å². The van der Waals surface area contributed by atoms with Gasteiger partial charge in [-0.3, -0.25) is 4.79 Å². The van der Waals surface area contributed by atoms with Gasteiger partial charge in [-0.05, 0) is 62.9 Å². The van der Waals surface area contributed by atoms with Crippen LogP contribution in [0.25, 0.3) is 0 Å². The number of hydrogen-bond donors (Lipinski definition) is 1. The Morgan fingerprint density at radius 1 is 1.25 bits per heavy atom. The molecule has 0 saturated carbocycles. The summed E-state index contributed by atoms with van der Waals surface area (Å²) in [7, 11) is 0. The third-order valence-corrected chi connectivity index (χ3v) is 4.34. The first kappa shape index (κ1) is 20.7. The quantitative estimate of drug-likeness (QED) is 0.762. The van der Waals surface area contributed by atoms with Crippen LogP contribution in [0.15, 0.2) is 18.2 Å². The van der Waals surface area contributed by atoms with Gasteiger partial charge < -0.3 is 20.1 Å². The predicted molar refractivity (Wildman–Crippen MR) is 97.9 cm³/mol. The molecule has 0 radical (unpaired) electrons. The van der Waals surface area contributed by atoms with Gasteiger partial charge in [0.15, 0.2) is 6.61 Å². The molecule has 1 amide bonds. The molecule has 0 spiro atoms. The van der Waals surface area contributed by atoms with E-state index < -0.39 is 0 Å². The lowest BCUT2D eigenvalue weighted by Crippen LogP contribution is -2.43. The molecule has 1 saturated heterocycles. The molecular weight excluding hydrogens is 328 g/mol. The van der Waals surface area contributed by atoms with Gasteiger partial charge in [-0.1, -0.05) is 6.07 Å². The Morgan fingerprint density at radius 2 is 1.96 bits per heavy atom. The molecule has 1 aromatic rings. The van der Waals surface area contributed by atoms with Crippen molar-refractivity contribution in [2.45, 2.75) is 39.2 Å². The summed E-state index contributed by atoms with van der Waals surface area (Å²) in [6.45, 7) is 7.05. The van der Waals surface area contributed by atoms with Crippen LogP contribution in [0.4, 0.5) is 0 Å². The minimum Gasteiger partial charge on any atom is -0.484 e. The predicted octanol–water partition coefficient (Wildman–Crippen LogP) is 2.46. The molecule has 2 rings (SSSR count). The molecule has 1 aliphatic rings. The largest absolute Gasteiger partial charge is 0.484 e. The van der Waals surface area contributed by atoms with Gasteiger partial charge >= 0.3 is 0 Å². The van der Waals surface area contributed by atoms with Gasteiger partial charge in [0, 0.05) is 19.7 Å². The Hall–Kier alpha value is -1.30. The van der Waals surface area contributed by atoms with Crippen LogP contribution in [0.2, 0.25) is 0 Å². The van der Waals surface area contributed by atoms with Gasteiger partial charge in [-0.15, -0.1) is 12.4 Å². The summed E-state index contributed by atoms with van der Waals surface area (Å²) in [5.74, 6) is 0.796. The SMILES string of the molecule is Cc1ccc(OCC(=O)N2CCC(OCCCN)CC2)cc1C.Cl. The van der Waals surface area contributed by atoms with Crippen molar-refractivity contribution < 1.29 is 14.3 Å². The van der Waals surface area contributed by atoms with Crippen LogP contribution in [0.1, 0.15) is 30.4 Å². The van der Waals surface area contributed by atoms with Crippen LogP contribution in [0, 0.1) is 13.8 Å². The number of nitrogens with zero attached hydrogens (tertiary/aromatic N) is 1. The molecule has 0 bridgehead atoms. The molecule has 1 heterocycles. The van der Waals surface area contributed by atoms with E-state index in [0.717, 1.165) is 38.1 Å². The second-order valence-electron chi connectivity index (χ2n) is 6.13. The highest BCUT2D eigenvalue weighted by molar-refractivity contribution is 5.85. The third kappa shape index (κ3) is 6.30. The van der Waals surface area contributed by atoms with Crippen molar-refractivity contribution in [2.75, 3.05) is 32.8 Å². The molecule has 0 aliphatic carbocycles. The van der Waals surface area contributed by atoms with E-state index in [4.69, 9.17) is 15.2 Å². The van der Waals surface area contributed by atoms with E-state index in [1.54, 1.807) is 0 Å². The summed E-state index contributed by atoms with van der Waals surface area (Å²) >= 11 is 0. The number of hydrogen-bond acceptors (Lipinski definition) is 4. The number of nitrogens with two attached hydrogens (primary N) is 1. The van der Waals surface area contributed by atoms with E-state index in [1.807, 2.05) is 30.0 Å². The molecule has 2 N–H and O–H groups in total. The maximum Gasteiger partial charge on any atom is 0.260 e. The summed E-state index contributed by atoms with van der Waals surface area (Å²) in [6.07, 6.45) is 2.93. The first-order valence-corrected chi connectivity index (χ1v) is 8.39. The Morgan fingerprint density at radius 3 is 2.58 bits per heavy atom. The first-order chi connectivity index (χ1) is 11.1. The number of carbonyl (C=O) groups excluding carboxylic acids is 1. The molecule has 1 fully saturated rings. The molecular formula is C18H29ClN2O3. The van der Waals surface area contributed by atoms with Gasteiger partial charge in [0.05, 0.1) is 6.10 Å². The van der Waals surface area contributed by atoms with Crippen LogP contribution in [-0.4, -0.2) is 49.8 Å². The third-order valence-electron chi connectivity index (χ3n) is 4.34. The van der Waals surface area contributed by atoms with Crippen molar-refractivity contribution in [1.82, 2.24) is 4.90 Å². The van der Waals surface area contributed by atoms with Crippen LogP contribution in [-0.2, 0) is 9.53 Å². The van der Waals surface area contributed by atoms with Crippen molar-refractivity contribution in [3.8, 4) is 5.75 Å². The van der Waals surface area contributed by atoms with E-state index in [-0.39, 0.29) is 31.0 Å². The lowest BCUT2D eigenvalue weighted by Gasteiger charge is -2.32. The molecule has 0 aromatic heterocycles. The first-order valence-electron chi connectivity index (χ1n) is 8.39. The Bertz CT molecular complexity index is 517. The molecule has 1 aromatic carbocycles. The van der Waals surface area contributed by atoms with Crippen molar-refractivity contribution in [3.05, 3.63) is 29.3 Å². The fraction of sp³-hybridized carbons (Fsp3) is 0.611. The molecule has 6 heteroatoms. The summed E-state index contributed by atoms with van der Waals surface area (Å²) in [4.78, 5) is 14.1. The van der Waals surface area contributed by atoms with Crippen LogP contribution < -0.4 is 10.5 Å². The standard InChI is InChI=1S/C18H28N2O3.ClH/c1-14-4-5-17(12-15(14)2)23-13-18(21)20-9-6-16(7-10-20)22-11-3-8-19;/h4-5,12,16H,3,6-11,13,19H2,1-2H3;1H. The number of ether oxygens (including phenoxy) is 2. The summed E-state index contributed by atoms with van der Waals surface area (Å²) < 4.78 is 11.4. The molecule has 5 nitrogen and oxygen atoms in total. The number of aryl methyl sites for hydroxylation is 2. The number of piperidine rings is 1. The number of benzene rings is 1. The lowest BCUT2D eigenvalue weighted by molar-refractivity contribution is -0.136. The van der Waals surface area contributed by atoms with Crippen LogP contribution in [0.3, 0.4) is 0 Å². The minimum atomic E-state index is 0. The maximum atomic E-state index is 12.2. The van der Waals surface area contributed by atoms with Crippen LogP contribution in [0.5, 0.6) is 5.75 Å². The Kier molecular flexibility index (Phi) is 9.11. The zero-order chi connectivity index (χ0) is 16.7. The smallest absolute Gasteiger partial charge is 0.260 e. The van der Waals surface area contributed by atoms with E-state index in [9.17, 15) is 4.79 Å². The van der Waals surface area contributed by atoms with Gasteiger partial charge in [0.1, 0.15) is 5.75 Å². The molecule has 136 valence electrons. The van der Waals surface area contributed by atoms with Crippen LogP contribution >= 0.6 is 12.4 Å². The number of rotatable bonds is 7. The second kappa shape index (κ2) is 10.5. The molecule has 0 atom stereocenters. The van der Waals surface area contributed by atoms with E-state index >= 15 is 0 Å².